The molecule has 0 bridgehead atoms. The van der Waals surface area contributed by atoms with E-state index in [9.17, 15) is 14.7 Å². The number of fused-ring (bicyclic) bond motifs is 1. The first-order valence-corrected chi connectivity index (χ1v) is 15.0. The number of likely N-dealkylation sites (tertiary alicyclic amines) is 2. The monoisotopic (exact) mass is 563 g/mol. The van der Waals surface area contributed by atoms with Crippen molar-refractivity contribution in [2.75, 3.05) is 69.2 Å². The number of nitrogens with one attached hydrogen (secondary N) is 1. The average Bonchev–Trinajstić information content (AvgIpc) is 3.01. The molecule has 3 saturated heterocycles. The average molecular weight is 564 g/mol. The lowest BCUT2D eigenvalue weighted by Gasteiger charge is -2.43. The van der Waals surface area contributed by atoms with E-state index in [1.165, 1.54) is 11.1 Å². The number of rotatable bonds is 5. The van der Waals surface area contributed by atoms with Crippen LogP contribution in [0.25, 0.3) is 0 Å². The van der Waals surface area contributed by atoms with Crippen LogP contribution in [0.2, 0.25) is 0 Å². The molecule has 1 aromatic heterocycles. The van der Waals surface area contributed by atoms with Crippen molar-refractivity contribution in [1.82, 2.24) is 24.7 Å². The maximum absolute atomic E-state index is 13.8. The molecule has 2 aromatic rings. The SMILES string of the molecule is CC(=O)N1CCC(Nc2cc(C(=O)N3CCC(N4CCc5ccccc5C4)C(O)C3)nc(N3CCOCC3)n2)CC1. The predicted molar refractivity (Wildman–Crippen MR) is 155 cm³/mol. The smallest absolute Gasteiger partial charge is 0.272 e. The van der Waals surface area contributed by atoms with Crippen LogP contribution in [0.3, 0.4) is 0 Å². The van der Waals surface area contributed by atoms with E-state index in [0.29, 0.717) is 63.4 Å². The van der Waals surface area contributed by atoms with Gasteiger partial charge in [0.15, 0.2) is 0 Å². The fourth-order valence-electron chi connectivity index (χ4n) is 6.56. The molecule has 4 aliphatic rings. The Kier molecular flexibility index (Phi) is 8.36. The van der Waals surface area contributed by atoms with Gasteiger partial charge in [0.2, 0.25) is 11.9 Å². The van der Waals surface area contributed by atoms with Crippen molar-refractivity contribution in [3.05, 3.63) is 47.2 Å². The van der Waals surface area contributed by atoms with Crippen LogP contribution in [-0.4, -0.2) is 119 Å². The molecule has 5 heterocycles. The lowest BCUT2D eigenvalue weighted by Crippen LogP contribution is -2.56. The third-order valence-electron chi connectivity index (χ3n) is 8.98. The number of amides is 2. The molecule has 0 saturated carbocycles. The van der Waals surface area contributed by atoms with Crippen molar-refractivity contribution in [2.45, 2.75) is 57.3 Å². The van der Waals surface area contributed by atoms with Gasteiger partial charge >= 0.3 is 0 Å². The van der Waals surface area contributed by atoms with Crippen molar-refractivity contribution < 1.29 is 19.4 Å². The number of aliphatic hydroxyl groups is 1. The summed E-state index contributed by atoms with van der Waals surface area (Å²) in [4.78, 5) is 43.0. The summed E-state index contributed by atoms with van der Waals surface area (Å²) in [6, 6.07) is 10.5. The number of carbonyl (C=O) groups excluding carboxylic acids is 2. The maximum Gasteiger partial charge on any atom is 0.272 e. The molecule has 1 aromatic carbocycles. The molecule has 2 unspecified atom stereocenters. The molecular formula is C30H41N7O4. The van der Waals surface area contributed by atoms with Gasteiger partial charge in [-0.2, -0.15) is 4.98 Å². The number of benzene rings is 1. The number of aromatic nitrogens is 2. The summed E-state index contributed by atoms with van der Waals surface area (Å²) in [5.74, 6) is 1.06. The first-order chi connectivity index (χ1) is 19.9. The Morgan fingerprint density at radius 3 is 2.41 bits per heavy atom. The molecule has 11 heteroatoms. The standard InChI is InChI=1S/C30H41N7O4/c1-21(38)34-11-7-24(8-12-34)31-28-18-25(32-30(33-28)35-14-16-41-17-15-35)29(40)37-13-9-26(27(39)20-37)36-10-6-22-4-2-3-5-23(22)19-36/h2-5,18,24,26-27,39H,6-17,19-20H2,1H3,(H,31,32,33). The number of morpholine rings is 1. The first kappa shape index (κ1) is 27.9. The highest BCUT2D eigenvalue weighted by Gasteiger charge is 2.36. The van der Waals surface area contributed by atoms with Crippen LogP contribution in [0.1, 0.15) is 47.8 Å². The van der Waals surface area contributed by atoms with E-state index in [-0.39, 0.29) is 30.4 Å². The number of piperidine rings is 2. The zero-order chi connectivity index (χ0) is 28.3. The number of hydrogen-bond donors (Lipinski definition) is 2. The molecule has 2 N–H and O–H groups in total. The lowest BCUT2D eigenvalue weighted by atomic mass is 9.94. The fourth-order valence-corrected chi connectivity index (χ4v) is 6.56. The van der Waals surface area contributed by atoms with E-state index in [1.54, 1.807) is 17.9 Å². The Morgan fingerprint density at radius 1 is 0.951 bits per heavy atom. The van der Waals surface area contributed by atoms with Gasteiger partial charge in [-0.3, -0.25) is 14.5 Å². The number of β-amino-alcohol motifs (C(OH)–C–C–N with tert-alkyl or cyclic N) is 1. The van der Waals surface area contributed by atoms with Crippen LogP contribution in [0, 0.1) is 0 Å². The van der Waals surface area contributed by atoms with Gasteiger partial charge < -0.3 is 29.9 Å². The van der Waals surface area contributed by atoms with E-state index >= 15 is 0 Å². The van der Waals surface area contributed by atoms with Gasteiger partial charge in [-0.1, -0.05) is 24.3 Å². The van der Waals surface area contributed by atoms with E-state index < -0.39 is 6.10 Å². The molecule has 0 spiro atoms. The zero-order valence-electron chi connectivity index (χ0n) is 23.9. The van der Waals surface area contributed by atoms with Crippen LogP contribution in [-0.2, 0) is 22.5 Å². The summed E-state index contributed by atoms with van der Waals surface area (Å²) < 4.78 is 5.51. The number of carbonyl (C=O) groups is 2. The van der Waals surface area contributed by atoms with Crippen LogP contribution in [0.5, 0.6) is 0 Å². The van der Waals surface area contributed by atoms with Gasteiger partial charge in [0.1, 0.15) is 11.5 Å². The Morgan fingerprint density at radius 2 is 1.68 bits per heavy atom. The van der Waals surface area contributed by atoms with Crippen molar-refractivity contribution in [2.24, 2.45) is 0 Å². The minimum absolute atomic E-state index is 0.0276. The molecule has 0 radical (unpaired) electrons. The van der Waals surface area contributed by atoms with E-state index in [2.05, 4.69) is 39.4 Å². The van der Waals surface area contributed by atoms with Crippen molar-refractivity contribution in [3.63, 3.8) is 0 Å². The van der Waals surface area contributed by atoms with Crippen LogP contribution in [0.15, 0.2) is 30.3 Å². The Hall–Kier alpha value is -3.28. The molecule has 0 aliphatic carbocycles. The predicted octanol–water partition coefficient (Wildman–Crippen LogP) is 1.37. The van der Waals surface area contributed by atoms with Crippen LogP contribution >= 0.6 is 0 Å². The van der Waals surface area contributed by atoms with Crippen LogP contribution < -0.4 is 10.2 Å². The minimum Gasteiger partial charge on any atom is -0.390 e. The first-order valence-electron chi connectivity index (χ1n) is 15.0. The minimum atomic E-state index is -0.623. The largest absolute Gasteiger partial charge is 0.390 e. The topological polar surface area (TPSA) is 114 Å². The van der Waals surface area contributed by atoms with E-state index in [1.807, 2.05) is 4.90 Å². The lowest BCUT2D eigenvalue weighted by molar-refractivity contribution is -0.129. The highest BCUT2D eigenvalue weighted by atomic mass is 16.5. The van der Waals surface area contributed by atoms with Crippen molar-refractivity contribution in [3.8, 4) is 0 Å². The zero-order valence-corrected chi connectivity index (χ0v) is 23.9. The van der Waals surface area contributed by atoms with Gasteiger partial charge in [-0.25, -0.2) is 4.98 Å². The van der Waals surface area contributed by atoms with Crippen molar-refractivity contribution >= 4 is 23.6 Å². The molecule has 4 aliphatic heterocycles. The molecule has 3 fully saturated rings. The quantitative estimate of drug-likeness (QED) is 0.557. The summed E-state index contributed by atoms with van der Waals surface area (Å²) in [7, 11) is 0. The number of aliphatic hydroxyl groups excluding tert-OH is 1. The van der Waals surface area contributed by atoms with Gasteiger partial charge in [-0.15, -0.1) is 0 Å². The molecule has 11 nitrogen and oxygen atoms in total. The summed E-state index contributed by atoms with van der Waals surface area (Å²) in [5.41, 5.74) is 3.05. The molecular weight excluding hydrogens is 522 g/mol. The molecule has 220 valence electrons. The third-order valence-corrected chi connectivity index (χ3v) is 8.98. The van der Waals surface area contributed by atoms with Crippen LogP contribution in [0.4, 0.5) is 11.8 Å². The molecule has 41 heavy (non-hydrogen) atoms. The number of anilines is 2. The molecule has 6 rings (SSSR count). The summed E-state index contributed by atoms with van der Waals surface area (Å²) in [6.07, 6.45) is 2.72. The highest BCUT2D eigenvalue weighted by molar-refractivity contribution is 5.93. The summed E-state index contributed by atoms with van der Waals surface area (Å²) in [5, 5.41) is 14.7. The second-order valence-corrected chi connectivity index (χ2v) is 11.6. The van der Waals surface area contributed by atoms with Gasteiger partial charge in [-0.05, 0) is 36.8 Å². The van der Waals surface area contributed by atoms with E-state index in [0.717, 1.165) is 38.8 Å². The Balaban J connectivity index is 1.15. The third kappa shape index (κ3) is 6.32. The fraction of sp³-hybridized carbons (Fsp3) is 0.600. The second kappa shape index (κ2) is 12.3. The second-order valence-electron chi connectivity index (χ2n) is 11.6. The molecule has 2 atom stereocenters. The summed E-state index contributed by atoms with van der Waals surface area (Å²) >= 11 is 0. The number of hydrogen-bond acceptors (Lipinski definition) is 9. The summed E-state index contributed by atoms with van der Waals surface area (Å²) in [6.45, 7) is 8.13. The number of nitrogens with zero attached hydrogens (tertiary/aromatic N) is 6. The van der Waals surface area contributed by atoms with Gasteiger partial charge in [0.05, 0.1) is 19.3 Å². The maximum atomic E-state index is 13.8. The van der Waals surface area contributed by atoms with Crippen molar-refractivity contribution in [1.29, 1.82) is 0 Å². The Bertz CT molecular complexity index is 1250. The Labute approximate surface area is 241 Å². The number of ether oxygens (including phenoxy) is 1. The molecule has 2 amide bonds. The highest BCUT2D eigenvalue weighted by Crippen LogP contribution is 2.27. The normalized spacial score (nSPS) is 24.2. The van der Waals surface area contributed by atoms with E-state index in [4.69, 9.17) is 14.7 Å². The van der Waals surface area contributed by atoms with Gasteiger partial charge in [0, 0.05) is 77.4 Å². The van der Waals surface area contributed by atoms with Gasteiger partial charge in [0.25, 0.3) is 5.91 Å².